The van der Waals surface area contributed by atoms with Crippen LogP contribution in [0.5, 0.6) is 0 Å². The van der Waals surface area contributed by atoms with E-state index in [0.717, 1.165) is 11.1 Å². The highest BCUT2D eigenvalue weighted by Gasteiger charge is 2.16. The molecule has 2 aromatic rings. The first kappa shape index (κ1) is 13.0. The highest BCUT2D eigenvalue weighted by atomic mass is 79.9. The smallest absolute Gasteiger partial charge is 0.173 e. The summed E-state index contributed by atoms with van der Waals surface area (Å²) in [6.45, 7) is 0. The zero-order valence-corrected chi connectivity index (χ0v) is 11.9. The summed E-state index contributed by atoms with van der Waals surface area (Å²) in [7, 11) is 0. The molecular formula is C12H10BrCl2NO. The van der Waals surface area contributed by atoms with Crippen molar-refractivity contribution in [3.05, 3.63) is 56.4 Å². The molecule has 0 bridgehead atoms. The van der Waals surface area contributed by atoms with E-state index in [1.807, 2.05) is 12.1 Å². The number of benzene rings is 1. The summed E-state index contributed by atoms with van der Waals surface area (Å²) >= 11 is 15.5. The van der Waals surface area contributed by atoms with Gasteiger partial charge in [-0.3, -0.25) is 0 Å². The Labute approximate surface area is 118 Å². The van der Waals surface area contributed by atoms with Crippen LogP contribution in [0.2, 0.25) is 10.0 Å². The van der Waals surface area contributed by atoms with Crippen molar-refractivity contribution in [3.63, 3.8) is 0 Å². The number of furan rings is 1. The normalized spacial score (nSPS) is 12.7. The molecule has 1 atom stereocenters. The zero-order chi connectivity index (χ0) is 12.4. The van der Waals surface area contributed by atoms with Crippen LogP contribution in [0, 0.1) is 0 Å². The van der Waals surface area contributed by atoms with Gasteiger partial charge in [0.15, 0.2) is 4.67 Å². The van der Waals surface area contributed by atoms with Crippen LogP contribution in [0.3, 0.4) is 0 Å². The molecule has 1 aromatic heterocycles. The molecule has 0 aliphatic rings. The third-order valence-corrected chi connectivity index (χ3v) is 3.88. The second kappa shape index (κ2) is 5.44. The van der Waals surface area contributed by atoms with Crippen molar-refractivity contribution in [2.75, 3.05) is 0 Å². The van der Waals surface area contributed by atoms with Gasteiger partial charge in [0.2, 0.25) is 0 Å². The molecule has 2 N–H and O–H groups in total. The Morgan fingerprint density at radius 1 is 1.24 bits per heavy atom. The van der Waals surface area contributed by atoms with Crippen molar-refractivity contribution in [1.29, 1.82) is 0 Å². The third-order valence-electron chi connectivity index (χ3n) is 2.53. The van der Waals surface area contributed by atoms with Crippen molar-refractivity contribution >= 4 is 39.1 Å². The fraction of sp³-hybridized carbons (Fsp3) is 0.167. The van der Waals surface area contributed by atoms with Crippen LogP contribution < -0.4 is 5.73 Å². The zero-order valence-electron chi connectivity index (χ0n) is 8.79. The van der Waals surface area contributed by atoms with Crippen molar-refractivity contribution in [3.8, 4) is 0 Å². The molecule has 1 unspecified atom stereocenters. The van der Waals surface area contributed by atoms with Gasteiger partial charge < -0.3 is 10.2 Å². The van der Waals surface area contributed by atoms with E-state index in [1.54, 1.807) is 18.4 Å². The molecule has 0 aliphatic heterocycles. The van der Waals surface area contributed by atoms with E-state index in [1.165, 1.54) is 0 Å². The van der Waals surface area contributed by atoms with E-state index < -0.39 is 0 Å². The molecule has 0 saturated carbocycles. The molecule has 2 nitrogen and oxygen atoms in total. The second-order valence-electron chi connectivity index (χ2n) is 3.66. The quantitative estimate of drug-likeness (QED) is 0.891. The van der Waals surface area contributed by atoms with Crippen molar-refractivity contribution in [1.82, 2.24) is 0 Å². The fourth-order valence-electron chi connectivity index (χ4n) is 1.63. The number of nitrogens with two attached hydrogens (primary N) is 1. The van der Waals surface area contributed by atoms with Crippen molar-refractivity contribution in [2.24, 2.45) is 5.73 Å². The SMILES string of the molecule is NC(Cc1c(Cl)cccc1Cl)c1ccoc1Br. The Balaban J connectivity index is 2.25. The van der Waals surface area contributed by atoms with Gasteiger partial charge >= 0.3 is 0 Å². The van der Waals surface area contributed by atoms with Crippen molar-refractivity contribution < 1.29 is 4.42 Å². The third kappa shape index (κ3) is 2.86. The first-order valence-electron chi connectivity index (χ1n) is 5.01. The summed E-state index contributed by atoms with van der Waals surface area (Å²) in [5.74, 6) is 0. The van der Waals surface area contributed by atoms with Gasteiger partial charge in [0.1, 0.15) is 0 Å². The number of hydrogen-bond acceptors (Lipinski definition) is 2. The van der Waals surface area contributed by atoms with Gasteiger partial charge in [0.25, 0.3) is 0 Å². The molecule has 0 aliphatic carbocycles. The van der Waals surface area contributed by atoms with Crippen LogP contribution in [0.15, 0.2) is 39.6 Å². The van der Waals surface area contributed by atoms with Gasteiger partial charge in [0, 0.05) is 21.7 Å². The Hall–Kier alpha value is -0.480. The molecule has 0 amide bonds. The van der Waals surface area contributed by atoms with Crippen molar-refractivity contribution in [2.45, 2.75) is 12.5 Å². The van der Waals surface area contributed by atoms with Crippen LogP contribution in [0.25, 0.3) is 0 Å². The molecule has 1 aromatic carbocycles. The maximum Gasteiger partial charge on any atom is 0.173 e. The van der Waals surface area contributed by atoms with E-state index >= 15 is 0 Å². The summed E-state index contributed by atoms with van der Waals surface area (Å²) in [5.41, 5.74) is 7.86. The lowest BCUT2D eigenvalue weighted by molar-refractivity contribution is 0.531. The highest BCUT2D eigenvalue weighted by molar-refractivity contribution is 9.10. The minimum Gasteiger partial charge on any atom is -0.457 e. The molecule has 0 saturated heterocycles. The Kier molecular flexibility index (Phi) is 4.15. The molecule has 17 heavy (non-hydrogen) atoms. The molecule has 2 rings (SSSR count). The molecule has 1 heterocycles. The summed E-state index contributed by atoms with van der Waals surface area (Å²) in [4.78, 5) is 0. The van der Waals surface area contributed by atoms with Crippen LogP contribution in [-0.4, -0.2) is 0 Å². The summed E-state index contributed by atoms with van der Waals surface area (Å²) < 4.78 is 5.80. The average molecular weight is 335 g/mol. The summed E-state index contributed by atoms with van der Waals surface area (Å²) in [6.07, 6.45) is 2.16. The molecule has 5 heteroatoms. The second-order valence-corrected chi connectivity index (χ2v) is 5.20. The lowest BCUT2D eigenvalue weighted by atomic mass is 10.0. The predicted octanol–water partition coefficient (Wildman–Crippen LogP) is 4.59. The standard InChI is InChI=1S/C12H10BrCl2NO/c13-12-7(4-5-17-12)11(16)6-8-9(14)2-1-3-10(8)15/h1-5,11H,6,16H2. The van der Waals surface area contributed by atoms with Crippen LogP contribution >= 0.6 is 39.1 Å². The maximum absolute atomic E-state index is 6.10. The Morgan fingerprint density at radius 3 is 2.41 bits per heavy atom. The largest absolute Gasteiger partial charge is 0.457 e. The minimum atomic E-state index is -0.208. The van der Waals surface area contributed by atoms with Gasteiger partial charge in [-0.1, -0.05) is 29.3 Å². The lowest BCUT2D eigenvalue weighted by Crippen LogP contribution is -2.13. The molecule has 90 valence electrons. The van der Waals surface area contributed by atoms with Gasteiger partial charge in [0.05, 0.1) is 6.26 Å². The predicted molar refractivity (Wildman–Crippen MR) is 73.5 cm³/mol. The number of rotatable bonds is 3. The Morgan fingerprint density at radius 2 is 1.88 bits per heavy atom. The van der Waals surface area contributed by atoms with Crippen LogP contribution in [-0.2, 0) is 6.42 Å². The molecule has 0 fully saturated rings. The molecule has 0 radical (unpaired) electrons. The van der Waals surface area contributed by atoms with Gasteiger partial charge in [-0.2, -0.15) is 0 Å². The monoisotopic (exact) mass is 333 g/mol. The fourth-order valence-corrected chi connectivity index (χ4v) is 2.71. The van der Waals surface area contributed by atoms with E-state index in [2.05, 4.69) is 15.9 Å². The summed E-state index contributed by atoms with van der Waals surface area (Å²) in [6, 6.07) is 7.05. The average Bonchev–Trinajstić information content (AvgIpc) is 2.70. The Bertz CT molecular complexity index is 507. The van der Waals surface area contributed by atoms with Crippen LogP contribution in [0.4, 0.5) is 0 Å². The van der Waals surface area contributed by atoms with E-state index in [4.69, 9.17) is 33.4 Å². The maximum atomic E-state index is 6.10. The van der Waals surface area contributed by atoms with Gasteiger partial charge in [-0.25, -0.2) is 0 Å². The first-order chi connectivity index (χ1) is 8.09. The number of hydrogen-bond donors (Lipinski definition) is 1. The highest BCUT2D eigenvalue weighted by Crippen LogP contribution is 2.31. The number of halogens is 3. The topological polar surface area (TPSA) is 39.2 Å². The minimum absolute atomic E-state index is 0.208. The van der Waals surface area contributed by atoms with E-state index in [-0.39, 0.29) is 6.04 Å². The first-order valence-corrected chi connectivity index (χ1v) is 6.56. The van der Waals surface area contributed by atoms with Gasteiger partial charge in [-0.05, 0) is 46.1 Å². The van der Waals surface area contributed by atoms with E-state index in [9.17, 15) is 0 Å². The lowest BCUT2D eigenvalue weighted by Gasteiger charge is -2.13. The van der Waals surface area contributed by atoms with Gasteiger partial charge in [-0.15, -0.1) is 0 Å². The molecule has 0 spiro atoms. The van der Waals surface area contributed by atoms with E-state index in [0.29, 0.717) is 21.1 Å². The summed E-state index contributed by atoms with van der Waals surface area (Å²) in [5, 5.41) is 1.26. The van der Waals surface area contributed by atoms with Crippen LogP contribution in [0.1, 0.15) is 17.2 Å². The molecular weight excluding hydrogens is 325 g/mol.